The van der Waals surface area contributed by atoms with Gasteiger partial charge in [-0.15, -0.1) is 0 Å². The number of nitrogens with two attached hydrogens (primary N) is 1. The second kappa shape index (κ2) is 5.71. The monoisotopic (exact) mass is 252 g/mol. The van der Waals surface area contributed by atoms with Crippen molar-refractivity contribution in [2.75, 3.05) is 7.11 Å². The van der Waals surface area contributed by atoms with Gasteiger partial charge in [0.1, 0.15) is 0 Å². The summed E-state index contributed by atoms with van der Waals surface area (Å²) in [6.45, 7) is 2.27. The van der Waals surface area contributed by atoms with Crippen LogP contribution in [0.3, 0.4) is 0 Å². The molecule has 0 amide bonds. The second-order valence-corrected chi connectivity index (χ2v) is 5.21. The molecular formula is C13H24N4O. The number of ether oxygens (including phenoxy) is 1. The maximum atomic E-state index is 5.78. The number of methoxy groups -OCH3 is 1. The molecule has 5 nitrogen and oxygen atoms in total. The van der Waals surface area contributed by atoms with E-state index in [1.807, 2.05) is 11.7 Å². The molecule has 0 radical (unpaired) electrons. The first-order chi connectivity index (χ1) is 8.71. The Kier molecular flexibility index (Phi) is 4.24. The molecule has 1 aromatic heterocycles. The minimum atomic E-state index is 0.129. The number of nitrogens with one attached hydrogen (secondary N) is 1. The number of hydrogen-bond donors (Lipinski definition) is 2. The molecule has 18 heavy (non-hydrogen) atoms. The van der Waals surface area contributed by atoms with Crippen LogP contribution < -0.4 is 16.0 Å². The van der Waals surface area contributed by atoms with Crippen LogP contribution in [0.15, 0.2) is 6.20 Å². The zero-order valence-electron chi connectivity index (χ0n) is 11.5. The Morgan fingerprint density at radius 2 is 2.39 bits per heavy atom. The van der Waals surface area contributed by atoms with Gasteiger partial charge >= 0.3 is 0 Å². The standard InChI is InChI=1S/C13H24N4O/c1-4-9-5-6-10(7-9)12(16-14)13-11(18-3)8-15-17(13)2/h8-10,12,16H,4-7,14H2,1-3H3. The molecule has 0 bridgehead atoms. The van der Waals surface area contributed by atoms with Crippen molar-refractivity contribution in [3.63, 3.8) is 0 Å². The number of hydrazine groups is 1. The van der Waals surface area contributed by atoms with Crippen molar-refractivity contribution in [3.8, 4) is 5.75 Å². The van der Waals surface area contributed by atoms with Crippen LogP contribution in [-0.4, -0.2) is 16.9 Å². The molecule has 1 heterocycles. The van der Waals surface area contributed by atoms with Crippen LogP contribution in [-0.2, 0) is 7.05 Å². The van der Waals surface area contributed by atoms with E-state index in [2.05, 4.69) is 17.4 Å². The van der Waals surface area contributed by atoms with E-state index in [1.165, 1.54) is 25.7 Å². The lowest BCUT2D eigenvalue weighted by molar-refractivity contribution is 0.325. The van der Waals surface area contributed by atoms with E-state index in [1.54, 1.807) is 13.3 Å². The maximum absolute atomic E-state index is 5.78. The van der Waals surface area contributed by atoms with E-state index in [4.69, 9.17) is 10.6 Å². The van der Waals surface area contributed by atoms with E-state index in [-0.39, 0.29) is 6.04 Å². The van der Waals surface area contributed by atoms with E-state index in [0.717, 1.165) is 17.4 Å². The van der Waals surface area contributed by atoms with Crippen molar-refractivity contribution in [3.05, 3.63) is 11.9 Å². The molecule has 1 aliphatic rings. The minimum absolute atomic E-state index is 0.129. The Balaban J connectivity index is 2.20. The molecule has 2 rings (SSSR count). The van der Waals surface area contributed by atoms with Gasteiger partial charge < -0.3 is 4.74 Å². The van der Waals surface area contributed by atoms with Crippen LogP contribution in [0.5, 0.6) is 5.75 Å². The van der Waals surface area contributed by atoms with Crippen molar-refractivity contribution in [2.45, 2.75) is 38.6 Å². The fourth-order valence-electron chi connectivity index (χ4n) is 3.16. The molecule has 5 heteroatoms. The quantitative estimate of drug-likeness (QED) is 0.619. The Morgan fingerprint density at radius 3 is 2.94 bits per heavy atom. The molecule has 102 valence electrons. The van der Waals surface area contributed by atoms with E-state index in [0.29, 0.717) is 5.92 Å². The molecule has 3 atom stereocenters. The van der Waals surface area contributed by atoms with Crippen LogP contribution in [0.4, 0.5) is 0 Å². The average Bonchev–Trinajstić information content (AvgIpc) is 2.99. The van der Waals surface area contributed by atoms with Gasteiger partial charge in [0, 0.05) is 7.05 Å². The minimum Gasteiger partial charge on any atom is -0.493 e. The fraction of sp³-hybridized carbons (Fsp3) is 0.769. The number of nitrogens with zero attached hydrogens (tertiary/aromatic N) is 2. The first kappa shape index (κ1) is 13.4. The normalized spacial score (nSPS) is 25.3. The van der Waals surface area contributed by atoms with Gasteiger partial charge in [-0.2, -0.15) is 5.10 Å². The summed E-state index contributed by atoms with van der Waals surface area (Å²) in [6.07, 6.45) is 6.78. The highest BCUT2D eigenvalue weighted by molar-refractivity contribution is 5.28. The highest BCUT2D eigenvalue weighted by Gasteiger charge is 2.33. The Hall–Kier alpha value is -1.07. The summed E-state index contributed by atoms with van der Waals surface area (Å²) in [4.78, 5) is 0. The van der Waals surface area contributed by atoms with Gasteiger partial charge in [-0.25, -0.2) is 0 Å². The lowest BCUT2D eigenvalue weighted by atomic mass is 9.93. The summed E-state index contributed by atoms with van der Waals surface area (Å²) >= 11 is 0. The van der Waals surface area contributed by atoms with Gasteiger partial charge in [-0.05, 0) is 24.7 Å². The second-order valence-electron chi connectivity index (χ2n) is 5.21. The van der Waals surface area contributed by atoms with Gasteiger partial charge in [0.05, 0.1) is 25.0 Å². The molecule has 0 saturated heterocycles. The van der Waals surface area contributed by atoms with Crippen molar-refractivity contribution < 1.29 is 4.74 Å². The first-order valence-electron chi connectivity index (χ1n) is 6.73. The third kappa shape index (κ3) is 2.37. The van der Waals surface area contributed by atoms with Crippen molar-refractivity contribution in [1.82, 2.24) is 15.2 Å². The molecule has 1 aromatic rings. The van der Waals surface area contributed by atoms with Crippen molar-refractivity contribution in [1.29, 1.82) is 0 Å². The lowest BCUT2D eigenvalue weighted by Crippen LogP contribution is -2.34. The predicted octanol–water partition coefficient (Wildman–Crippen LogP) is 1.76. The molecule has 1 saturated carbocycles. The van der Waals surface area contributed by atoms with Crippen LogP contribution >= 0.6 is 0 Å². The number of hydrogen-bond acceptors (Lipinski definition) is 4. The summed E-state index contributed by atoms with van der Waals surface area (Å²) in [7, 11) is 3.62. The third-order valence-electron chi connectivity index (χ3n) is 4.27. The van der Waals surface area contributed by atoms with Crippen LogP contribution in [0.2, 0.25) is 0 Å². The molecular weight excluding hydrogens is 228 g/mol. The molecule has 1 fully saturated rings. The first-order valence-corrected chi connectivity index (χ1v) is 6.73. The van der Waals surface area contributed by atoms with Crippen LogP contribution in [0.1, 0.15) is 44.3 Å². The summed E-state index contributed by atoms with van der Waals surface area (Å²) in [5, 5.41) is 4.26. The molecule has 0 aromatic carbocycles. The smallest absolute Gasteiger partial charge is 0.161 e. The fourth-order valence-corrected chi connectivity index (χ4v) is 3.16. The predicted molar refractivity (Wildman–Crippen MR) is 70.9 cm³/mol. The van der Waals surface area contributed by atoms with Crippen molar-refractivity contribution >= 4 is 0 Å². The molecule has 3 unspecified atom stereocenters. The van der Waals surface area contributed by atoms with Crippen LogP contribution in [0.25, 0.3) is 0 Å². The van der Waals surface area contributed by atoms with Gasteiger partial charge in [-0.3, -0.25) is 16.0 Å². The van der Waals surface area contributed by atoms with Gasteiger partial charge in [-0.1, -0.05) is 19.8 Å². The topological polar surface area (TPSA) is 65.1 Å². The molecule has 0 aliphatic heterocycles. The molecule has 3 N–H and O–H groups in total. The van der Waals surface area contributed by atoms with Crippen LogP contribution in [0, 0.1) is 11.8 Å². The maximum Gasteiger partial charge on any atom is 0.161 e. The van der Waals surface area contributed by atoms with E-state index in [9.17, 15) is 0 Å². The summed E-state index contributed by atoms with van der Waals surface area (Å²) in [6, 6.07) is 0.129. The summed E-state index contributed by atoms with van der Waals surface area (Å²) < 4.78 is 7.25. The summed E-state index contributed by atoms with van der Waals surface area (Å²) in [5.74, 6) is 8.01. The Labute approximate surface area is 109 Å². The summed E-state index contributed by atoms with van der Waals surface area (Å²) in [5.41, 5.74) is 4.02. The average molecular weight is 252 g/mol. The van der Waals surface area contributed by atoms with Crippen molar-refractivity contribution in [2.24, 2.45) is 24.7 Å². The number of rotatable bonds is 5. The largest absolute Gasteiger partial charge is 0.493 e. The zero-order chi connectivity index (χ0) is 13.1. The van der Waals surface area contributed by atoms with Gasteiger partial charge in [0.15, 0.2) is 5.75 Å². The lowest BCUT2D eigenvalue weighted by Gasteiger charge is -2.24. The van der Waals surface area contributed by atoms with E-state index < -0.39 is 0 Å². The van der Waals surface area contributed by atoms with Gasteiger partial charge in [0.25, 0.3) is 0 Å². The molecule has 0 spiro atoms. The highest BCUT2D eigenvalue weighted by atomic mass is 16.5. The van der Waals surface area contributed by atoms with E-state index >= 15 is 0 Å². The van der Waals surface area contributed by atoms with Gasteiger partial charge in [0.2, 0.25) is 0 Å². The highest BCUT2D eigenvalue weighted by Crippen LogP contribution is 2.41. The third-order valence-corrected chi connectivity index (χ3v) is 4.27. The Bertz CT molecular complexity index is 390. The SMILES string of the molecule is CCC1CCC(C(NN)c2c(OC)cnn2C)C1. The molecule has 1 aliphatic carbocycles. The Morgan fingerprint density at radius 1 is 1.61 bits per heavy atom. The number of aromatic nitrogens is 2. The number of aryl methyl sites for hydroxylation is 1. The zero-order valence-corrected chi connectivity index (χ0v) is 11.5.